The number of esters is 1. The molecule has 0 N–H and O–H groups in total. The first-order valence-electron chi connectivity index (χ1n) is 8.38. The van der Waals surface area contributed by atoms with Crippen LogP contribution in [0.5, 0.6) is 0 Å². The minimum atomic E-state index is -0.394. The van der Waals surface area contributed by atoms with Crippen molar-refractivity contribution < 1.29 is 19.1 Å². The number of morpholine rings is 1. The predicted octanol–water partition coefficient (Wildman–Crippen LogP) is 2.30. The molecule has 25 heavy (non-hydrogen) atoms. The van der Waals surface area contributed by atoms with Gasteiger partial charge in [-0.2, -0.15) is 0 Å². The van der Waals surface area contributed by atoms with Gasteiger partial charge in [-0.1, -0.05) is 54.6 Å². The third-order valence-corrected chi connectivity index (χ3v) is 4.13. The van der Waals surface area contributed by atoms with E-state index < -0.39 is 5.97 Å². The fourth-order valence-electron chi connectivity index (χ4n) is 2.71. The van der Waals surface area contributed by atoms with E-state index >= 15 is 0 Å². The molecule has 1 aliphatic rings. The number of nitrogens with zero attached hydrogens (tertiary/aromatic N) is 1. The normalized spacial score (nSPS) is 14.2. The lowest BCUT2D eigenvalue weighted by Crippen LogP contribution is -2.42. The summed E-state index contributed by atoms with van der Waals surface area (Å²) in [5.74, 6) is -0.565. The lowest BCUT2D eigenvalue weighted by molar-refractivity contribution is -0.153. The Morgan fingerprint density at radius 2 is 1.56 bits per heavy atom. The summed E-state index contributed by atoms with van der Waals surface area (Å²) in [5.41, 5.74) is 3.09. The van der Waals surface area contributed by atoms with E-state index in [4.69, 9.17) is 9.47 Å². The van der Waals surface area contributed by atoms with Crippen LogP contribution >= 0.6 is 0 Å². The molecule has 1 heterocycles. The Balaban J connectivity index is 1.48. The minimum Gasteiger partial charge on any atom is -0.455 e. The fourth-order valence-corrected chi connectivity index (χ4v) is 2.71. The van der Waals surface area contributed by atoms with Gasteiger partial charge < -0.3 is 14.4 Å². The van der Waals surface area contributed by atoms with E-state index in [0.29, 0.717) is 26.3 Å². The Labute approximate surface area is 147 Å². The topological polar surface area (TPSA) is 55.8 Å². The molecule has 3 rings (SSSR count). The summed E-state index contributed by atoms with van der Waals surface area (Å²) in [7, 11) is 0. The molecule has 1 saturated heterocycles. The molecule has 1 fully saturated rings. The van der Waals surface area contributed by atoms with Crippen molar-refractivity contribution in [1.29, 1.82) is 0 Å². The van der Waals surface area contributed by atoms with E-state index in [2.05, 4.69) is 0 Å². The molecule has 1 aliphatic heterocycles. The monoisotopic (exact) mass is 339 g/mol. The number of carbonyl (C=O) groups is 2. The third-order valence-electron chi connectivity index (χ3n) is 4.13. The third kappa shape index (κ3) is 4.90. The van der Waals surface area contributed by atoms with Gasteiger partial charge in [0.15, 0.2) is 6.61 Å². The summed E-state index contributed by atoms with van der Waals surface area (Å²) < 4.78 is 10.3. The van der Waals surface area contributed by atoms with Gasteiger partial charge >= 0.3 is 5.97 Å². The van der Waals surface area contributed by atoms with Gasteiger partial charge in [-0.05, 0) is 16.7 Å². The lowest BCUT2D eigenvalue weighted by Gasteiger charge is -2.26. The van der Waals surface area contributed by atoms with Crippen molar-refractivity contribution in [3.8, 4) is 11.1 Å². The van der Waals surface area contributed by atoms with Crippen molar-refractivity contribution in [2.45, 2.75) is 6.42 Å². The molecule has 0 aliphatic carbocycles. The van der Waals surface area contributed by atoms with E-state index in [1.54, 1.807) is 4.90 Å². The molecule has 130 valence electrons. The van der Waals surface area contributed by atoms with E-state index in [0.717, 1.165) is 16.7 Å². The number of hydrogen-bond donors (Lipinski definition) is 0. The molecule has 0 unspecified atom stereocenters. The zero-order valence-corrected chi connectivity index (χ0v) is 14.0. The maximum absolute atomic E-state index is 11.9. The van der Waals surface area contributed by atoms with Crippen molar-refractivity contribution in [2.24, 2.45) is 0 Å². The van der Waals surface area contributed by atoms with Crippen LogP contribution in [0.3, 0.4) is 0 Å². The van der Waals surface area contributed by atoms with Gasteiger partial charge in [0, 0.05) is 13.1 Å². The van der Waals surface area contributed by atoms with Crippen LogP contribution in [0.25, 0.3) is 11.1 Å². The second-order valence-electron chi connectivity index (χ2n) is 5.89. The molecule has 2 aromatic rings. The van der Waals surface area contributed by atoms with Crippen LogP contribution in [-0.2, 0) is 25.5 Å². The number of carbonyl (C=O) groups excluding carboxylic acids is 2. The van der Waals surface area contributed by atoms with Gasteiger partial charge in [0.05, 0.1) is 19.6 Å². The van der Waals surface area contributed by atoms with Crippen molar-refractivity contribution >= 4 is 11.9 Å². The van der Waals surface area contributed by atoms with Crippen LogP contribution in [0.2, 0.25) is 0 Å². The molecular weight excluding hydrogens is 318 g/mol. The second kappa shape index (κ2) is 8.44. The maximum atomic E-state index is 11.9. The average molecular weight is 339 g/mol. The Morgan fingerprint density at radius 1 is 0.920 bits per heavy atom. The Kier molecular flexibility index (Phi) is 5.80. The van der Waals surface area contributed by atoms with Crippen LogP contribution in [-0.4, -0.2) is 49.7 Å². The minimum absolute atomic E-state index is 0.158. The predicted molar refractivity (Wildman–Crippen MR) is 93.9 cm³/mol. The fraction of sp³-hybridized carbons (Fsp3) is 0.300. The van der Waals surface area contributed by atoms with Crippen molar-refractivity contribution in [3.05, 3.63) is 60.2 Å². The van der Waals surface area contributed by atoms with E-state index in [1.165, 1.54) is 0 Å². The number of hydrogen-bond acceptors (Lipinski definition) is 4. The second-order valence-corrected chi connectivity index (χ2v) is 5.89. The Morgan fingerprint density at radius 3 is 2.24 bits per heavy atom. The molecule has 0 saturated carbocycles. The number of rotatable bonds is 5. The van der Waals surface area contributed by atoms with Gasteiger partial charge in [-0.15, -0.1) is 0 Å². The maximum Gasteiger partial charge on any atom is 0.310 e. The number of ether oxygens (including phenoxy) is 2. The molecule has 0 atom stereocenters. The average Bonchev–Trinajstić information content (AvgIpc) is 2.68. The highest BCUT2D eigenvalue weighted by atomic mass is 16.5. The van der Waals surface area contributed by atoms with E-state index in [1.807, 2.05) is 54.6 Å². The van der Waals surface area contributed by atoms with Crippen molar-refractivity contribution in [2.75, 3.05) is 32.9 Å². The molecule has 0 aromatic heterocycles. The lowest BCUT2D eigenvalue weighted by atomic mass is 10.0. The highest BCUT2D eigenvalue weighted by Gasteiger charge is 2.18. The van der Waals surface area contributed by atoms with Gasteiger partial charge in [-0.25, -0.2) is 0 Å². The summed E-state index contributed by atoms with van der Waals surface area (Å²) in [6, 6.07) is 17.8. The van der Waals surface area contributed by atoms with E-state index in [-0.39, 0.29) is 18.9 Å². The molecule has 2 aromatic carbocycles. The summed E-state index contributed by atoms with van der Waals surface area (Å²) in [4.78, 5) is 25.5. The largest absolute Gasteiger partial charge is 0.455 e. The van der Waals surface area contributed by atoms with Crippen LogP contribution in [0.4, 0.5) is 0 Å². The van der Waals surface area contributed by atoms with Crippen LogP contribution in [0.15, 0.2) is 54.6 Å². The van der Waals surface area contributed by atoms with E-state index in [9.17, 15) is 9.59 Å². The highest BCUT2D eigenvalue weighted by molar-refractivity contribution is 5.81. The zero-order valence-electron chi connectivity index (χ0n) is 14.0. The summed E-state index contributed by atoms with van der Waals surface area (Å²) >= 11 is 0. The van der Waals surface area contributed by atoms with Gasteiger partial charge in [0.1, 0.15) is 0 Å². The van der Waals surface area contributed by atoms with Gasteiger partial charge in [0.2, 0.25) is 0 Å². The summed E-state index contributed by atoms with van der Waals surface area (Å²) in [5, 5.41) is 0. The molecule has 5 heteroatoms. The molecule has 5 nitrogen and oxygen atoms in total. The summed E-state index contributed by atoms with van der Waals surface area (Å²) in [6.07, 6.45) is 0.158. The van der Waals surface area contributed by atoms with Gasteiger partial charge in [0.25, 0.3) is 5.91 Å². The molecular formula is C20H21NO4. The molecule has 0 radical (unpaired) electrons. The SMILES string of the molecule is O=C(Cc1ccc(-c2ccccc2)cc1)OCC(=O)N1CCOCC1. The Hall–Kier alpha value is -2.66. The quantitative estimate of drug-likeness (QED) is 0.785. The summed E-state index contributed by atoms with van der Waals surface area (Å²) in [6.45, 7) is 1.97. The smallest absolute Gasteiger partial charge is 0.310 e. The molecule has 1 amide bonds. The van der Waals surface area contributed by atoms with Crippen LogP contribution in [0, 0.1) is 0 Å². The highest BCUT2D eigenvalue weighted by Crippen LogP contribution is 2.19. The first-order valence-corrected chi connectivity index (χ1v) is 8.38. The van der Waals surface area contributed by atoms with Crippen LogP contribution < -0.4 is 0 Å². The Bertz CT molecular complexity index is 706. The van der Waals surface area contributed by atoms with Crippen molar-refractivity contribution in [3.63, 3.8) is 0 Å². The van der Waals surface area contributed by atoms with Crippen LogP contribution in [0.1, 0.15) is 5.56 Å². The van der Waals surface area contributed by atoms with Gasteiger partial charge in [-0.3, -0.25) is 9.59 Å². The number of benzene rings is 2. The number of amides is 1. The standard InChI is InChI=1S/C20H21NO4/c22-19(21-10-12-24-13-11-21)15-25-20(23)14-16-6-8-18(9-7-16)17-4-2-1-3-5-17/h1-9H,10-15H2. The molecule has 0 spiro atoms. The first-order chi connectivity index (χ1) is 12.2. The molecule has 0 bridgehead atoms. The first kappa shape index (κ1) is 17.2. The zero-order chi connectivity index (χ0) is 17.5. The van der Waals surface area contributed by atoms with Crippen molar-refractivity contribution in [1.82, 2.24) is 4.90 Å².